The van der Waals surface area contributed by atoms with Crippen LogP contribution < -0.4 is 4.74 Å². The zero-order chi connectivity index (χ0) is 23.2. The molecule has 0 saturated carbocycles. The van der Waals surface area contributed by atoms with E-state index in [2.05, 4.69) is 33.9 Å². The fraction of sp³-hybridized carbons (Fsp3) is 0.150. The van der Waals surface area contributed by atoms with E-state index in [4.69, 9.17) is 14.2 Å². The predicted molar refractivity (Wildman–Crippen MR) is 101 cm³/mol. The summed E-state index contributed by atoms with van der Waals surface area (Å²) in [6.07, 6.45) is 2.66. The minimum Gasteiger partial charge on any atom is -0.456 e. The average molecular weight is 434 g/mol. The minimum atomic E-state index is -1.03. The molecule has 0 unspecified atom stereocenters. The standard InChI is InChI=1S/C20H18O11/c1-4-16(21)27-10-26-15-8-7-13(19(24)30-11-28-17(22)5-2)9-14(15)20(25)31-12-29-18(23)6-3/h4-9H,1-3,10-12H2. The molecule has 1 aromatic carbocycles. The average Bonchev–Trinajstić information content (AvgIpc) is 2.78. The second-order valence-corrected chi connectivity index (χ2v) is 5.07. The van der Waals surface area contributed by atoms with E-state index in [0.29, 0.717) is 0 Å². The number of esters is 5. The molecule has 0 aliphatic rings. The molecule has 1 aromatic rings. The predicted octanol–water partition coefficient (Wildman–Crippen LogP) is 1.44. The van der Waals surface area contributed by atoms with Crippen molar-refractivity contribution in [3.63, 3.8) is 0 Å². The first-order valence-corrected chi connectivity index (χ1v) is 8.31. The highest BCUT2D eigenvalue weighted by Gasteiger charge is 2.19. The molecule has 0 atom stereocenters. The van der Waals surface area contributed by atoms with E-state index in [-0.39, 0.29) is 16.9 Å². The van der Waals surface area contributed by atoms with E-state index >= 15 is 0 Å². The number of hydrogen-bond acceptors (Lipinski definition) is 11. The van der Waals surface area contributed by atoms with E-state index in [9.17, 15) is 24.0 Å². The third-order valence-electron chi connectivity index (χ3n) is 3.13. The fourth-order valence-electron chi connectivity index (χ4n) is 1.71. The summed E-state index contributed by atoms with van der Waals surface area (Å²) < 4.78 is 28.5. The number of carbonyl (C=O) groups excluding carboxylic acids is 5. The van der Waals surface area contributed by atoms with E-state index in [1.54, 1.807) is 0 Å². The van der Waals surface area contributed by atoms with Crippen LogP contribution in [0, 0.1) is 0 Å². The van der Waals surface area contributed by atoms with Gasteiger partial charge in [0.1, 0.15) is 11.3 Å². The number of benzene rings is 1. The normalized spacial score (nSPS) is 9.42. The Hall–Kier alpha value is -4.41. The van der Waals surface area contributed by atoms with Crippen LogP contribution >= 0.6 is 0 Å². The van der Waals surface area contributed by atoms with Gasteiger partial charge in [0.05, 0.1) is 5.56 Å². The Labute approximate surface area is 176 Å². The first kappa shape index (κ1) is 24.6. The maximum Gasteiger partial charge on any atom is 0.344 e. The van der Waals surface area contributed by atoms with Crippen LogP contribution in [0.5, 0.6) is 5.75 Å². The highest BCUT2D eigenvalue weighted by atomic mass is 16.7. The molecule has 11 nitrogen and oxygen atoms in total. The topological polar surface area (TPSA) is 141 Å². The van der Waals surface area contributed by atoms with Gasteiger partial charge < -0.3 is 28.4 Å². The summed E-state index contributed by atoms with van der Waals surface area (Å²) in [5.41, 5.74) is -0.401. The van der Waals surface area contributed by atoms with Gasteiger partial charge in [-0.1, -0.05) is 19.7 Å². The molecule has 0 aliphatic carbocycles. The lowest BCUT2D eigenvalue weighted by Crippen LogP contribution is -2.16. The van der Waals surface area contributed by atoms with Crippen LogP contribution in [0.15, 0.2) is 56.2 Å². The van der Waals surface area contributed by atoms with Gasteiger partial charge >= 0.3 is 29.8 Å². The molecule has 0 amide bonds. The molecular weight excluding hydrogens is 416 g/mol. The Morgan fingerprint density at radius 2 is 1.16 bits per heavy atom. The Morgan fingerprint density at radius 1 is 0.677 bits per heavy atom. The van der Waals surface area contributed by atoms with E-state index in [1.807, 2.05) is 0 Å². The van der Waals surface area contributed by atoms with Crippen molar-refractivity contribution in [2.24, 2.45) is 0 Å². The van der Waals surface area contributed by atoms with Gasteiger partial charge in [-0.05, 0) is 18.2 Å². The van der Waals surface area contributed by atoms with Gasteiger partial charge in [-0.2, -0.15) is 0 Å². The van der Waals surface area contributed by atoms with Crippen LogP contribution in [0.1, 0.15) is 20.7 Å². The van der Waals surface area contributed by atoms with E-state index in [1.165, 1.54) is 12.1 Å². The SMILES string of the molecule is C=CC(=O)OCOC(=O)c1ccc(OCOC(=O)C=C)c(C(=O)OCOC(=O)C=C)c1. The Morgan fingerprint density at radius 3 is 1.68 bits per heavy atom. The largest absolute Gasteiger partial charge is 0.456 e. The van der Waals surface area contributed by atoms with E-state index in [0.717, 1.165) is 24.3 Å². The first-order valence-electron chi connectivity index (χ1n) is 8.31. The van der Waals surface area contributed by atoms with Gasteiger partial charge in [-0.25, -0.2) is 24.0 Å². The highest BCUT2D eigenvalue weighted by molar-refractivity contribution is 5.97. The van der Waals surface area contributed by atoms with Gasteiger partial charge in [0, 0.05) is 18.2 Å². The summed E-state index contributed by atoms with van der Waals surface area (Å²) in [5.74, 6) is -4.49. The fourth-order valence-corrected chi connectivity index (χ4v) is 1.71. The lowest BCUT2D eigenvalue weighted by Gasteiger charge is -2.12. The summed E-state index contributed by atoms with van der Waals surface area (Å²) in [5, 5.41) is 0. The molecule has 0 radical (unpaired) electrons. The van der Waals surface area contributed by atoms with Crippen molar-refractivity contribution in [3.8, 4) is 5.75 Å². The van der Waals surface area contributed by atoms with Gasteiger partial charge in [0.15, 0.2) is 0 Å². The van der Waals surface area contributed by atoms with Crippen molar-refractivity contribution < 1.29 is 52.4 Å². The molecule has 0 fully saturated rings. The lowest BCUT2D eigenvalue weighted by molar-refractivity contribution is -0.147. The monoisotopic (exact) mass is 434 g/mol. The smallest absolute Gasteiger partial charge is 0.344 e. The summed E-state index contributed by atoms with van der Waals surface area (Å²) in [7, 11) is 0. The first-order chi connectivity index (χ1) is 14.8. The lowest BCUT2D eigenvalue weighted by atomic mass is 10.1. The zero-order valence-corrected chi connectivity index (χ0v) is 16.2. The zero-order valence-electron chi connectivity index (χ0n) is 16.2. The number of rotatable bonds is 12. The summed E-state index contributed by atoms with van der Waals surface area (Å²) in [4.78, 5) is 57.5. The van der Waals surface area contributed by atoms with Crippen LogP contribution in [0.2, 0.25) is 0 Å². The molecule has 0 spiro atoms. The van der Waals surface area contributed by atoms with Crippen LogP contribution in [0.4, 0.5) is 0 Å². The van der Waals surface area contributed by atoms with Crippen molar-refractivity contribution in [2.45, 2.75) is 0 Å². The third-order valence-corrected chi connectivity index (χ3v) is 3.13. The summed E-state index contributed by atoms with van der Waals surface area (Å²) in [6, 6.07) is 3.50. The molecular formula is C20H18O11. The molecule has 0 heterocycles. The Balaban J connectivity index is 2.95. The van der Waals surface area contributed by atoms with Gasteiger partial charge in [-0.15, -0.1) is 0 Å². The van der Waals surface area contributed by atoms with Crippen molar-refractivity contribution in [2.75, 3.05) is 20.4 Å². The van der Waals surface area contributed by atoms with Crippen molar-refractivity contribution in [3.05, 3.63) is 67.3 Å². The molecule has 164 valence electrons. The van der Waals surface area contributed by atoms with Crippen molar-refractivity contribution >= 4 is 29.8 Å². The molecule has 31 heavy (non-hydrogen) atoms. The quantitative estimate of drug-likeness (QED) is 0.204. The van der Waals surface area contributed by atoms with Gasteiger partial charge in [0.2, 0.25) is 20.4 Å². The minimum absolute atomic E-state index is 0.119. The van der Waals surface area contributed by atoms with Crippen LogP contribution in [-0.4, -0.2) is 50.2 Å². The van der Waals surface area contributed by atoms with E-state index < -0.39 is 50.2 Å². The second kappa shape index (κ2) is 12.9. The molecule has 0 aromatic heterocycles. The van der Waals surface area contributed by atoms with Crippen LogP contribution in [0.25, 0.3) is 0 Å². The van der Waals surface area contributed by atoms with Crippen LogP contribution in [0.3, 0.4) is 0 Å². The number of ether oxygens (including phenoxy) is 6. The molecule has 0 N–H and O–H groups in total. The molecule has 0 saturated heterocycles. The van der Waals surface area contributed by atoms with Crippen molar-refractivity contribution in [1.29, 1.82) is 0 Å². The van der Waals surface area contributed by atoms with Gasteiger partial charge in [0.25, 0.3) is 0 Å². The second-order valence-electron chi connectivity index (χ2n) is 5.07. The molecule has 11 heteroatoms. The van der Waals surface area contributed by atoms with Gasteiger partial charge in [-0.3, -0.25) is 0 Å². The molecule has 1 rings (SSSR count). The summed E-state index contributed by atoms with van der Waals surface area (Å²) in [6.45, 7) is 7.60. The molecule has 0 bridgehead atoms. The third kappa shape index (κ3) is 8.64. The maximum atomic E-state index is 12.3. The highest BCUT2D eigenvalue weighted by Crippen LogP contribution is 2.22. The maximum absolute atomic E-state index is 12.3. The Kier molecular flexibility index (Phi) is 10.3. The number of hydrogen-bond donors (Lipinski definition) is 0. The number of carbonyl (C=O) groups is 5. The summed E-state index contributed by atoms with van der Waals surface area (Å²) >= 11 is 0. The Bertz CT molecular complexity index is 885. The molecule has 0 aliphatic heterocycles. The van der Waals surface area contributed by atoms with Crippen LogP contribution in [-0.2, 0) is 38.1 Å². The van der Waals surface area contributed by atoms with Crippen molar-refractivity contribution in [1.82, 2.24) is 0 Å².